The molecule has 2 atom stereocenters. The molecule has 1 spiro atoms. The molecule has 5 heterocycles. The topological polar surface area (TPSA) is 192 Å². The molecular formula is C50H58BrN7O8S. The van der Waals surface area contributed by atoms with Crippen molar-refractivity contribution in [2.24, 2.45) is 11.3 Å². The minimum Gasteiger partial charge on any atom is -0.489 e. The van der Waals surface area contributed by atoms with Crippen LogP contribution in [-0.4, -0.2) is 83.1 Å². The van der Waals surface area contributed by atoms with E-state index in [1.807, 2.05) is 13.0 Å². The first kappa shape index (κ1) is 45.5. The Hall–Kier alpha value is -5.23. The Kier molecular flexibility index (Phi) is 12.0. The highest BCUT2D eigenvalue weighted by molar-refractivity contribution is 9.10. The maximum absolute atomic E-state index is 14.2. The maximum Gasteiger partial charge on any atom is 0.297 e. The number of carbonyl (C=O) groups is 1. The number of aromatic amines is 1. The number of sulfonamides is 1. The highest BCUT2D eigenvalue weighted by Gasteiger charge is 2.50. The fourth-order valence-electron chi connectivity index (χ4n) is 11.5. The summed E-state index contributed by atoms with van der Waals surface area (Å²) in [5.41, 5.74) is 3.51. The second-order valence-corrected chi connectivity index (χ2v) is 22.7. The molecule has 1 amide bonds. The highest BCUT2D eigenvalue weighted by Crippen LogP contribution is 2.54. The minimum atomic E-state index is -4.67. The SMILES string of the molecule is CC(C)c1ccccc1[C@@H]1CCCN1C1CC2(CCN(c3ccc(C(=O)NS(=O)(=O)c4cc5c(c([N+](=O)[O-])c4)N[C@@H](C4CCC(C)(O)CC4)CO5)c(Oc4cnc5[nH]cc(Br)c5c4)c3)CC2)C1. The van der Waals surface area contributed by atoms with E-state index in [0.29, 0.717) is 55.1 Å². The van der Waals surface area contributed by atoms with Gasteiger partial charge in [-0.1, -0.05) is 38.1 Å². The summed E-state index contributed by atoms with van der Waals surface area (Å²) in [6, 6.07) is 18.8. The smallest absolute Gasteiger partial charge is 0.297 e. The van der Waals surface area contributed by atoms with Gasteiger partial charge < -0.3 is 29.8 Å². The molecule has 10 rings (SSSR count). The van der Waals surface area contributed by atoms with Crippen molar-refractivity contribution in [2.45, 2.75) is 120 Å². The van der Waals surface area contributed by atoms with Crippen molar-refractivity contribution < 1.29 is 32.7 Å². The number of hydrogen-bond donors (Lipinski definition) is 4. The lowest BCUT2D eigenvalue weighted by Gasteiger charge is -2.56. The molecule has 5 aromatic rings. The van der Waals surface area contributed by atoms with E-state index in [-0.39, 0.29) is 46.7 Å². The first-order chi connectivity index (χ1) is 32.1. The van der Waals surface area contributed by atoms with E-state index in [9.17, 15) is 28.4 Å². The summed E-state index contributed by atoms with van der Waals surface area (Å²) >= 11 is 3.54. The van der Waals surface area contributed by atoms with Crippen LogP contribution in [0.2, 0.25) is 0 Å². The summed E-state index contributed by atoms with van der Waals surface area (Å²) in [4.78, 5) is 38.0. The Morgan fingerprint density at radius 3 is 2.55 bits per heavy atom. The number of anilines is 2. The van der Waals surface area contributed by atoms with Gasteiger partial charge in [-0.05, 0) is 140 Å². The molecule has 3 aromatic carbocycles. The zero-order valence-corrected chi connectivity index (χ0v) is 40.5. The Morgan fingerprint density at radius 2 is 1.81 bits per heavy atom. The van der Waals surface area contributed by atoms with E-state index in [0.717, 1.165) is 54.1 Å². The molecule has 2 saturated heterocycles. The van der Waals surface area contributed by atoms with Crippen molar-refractivity contribution >= 4 is 60.0 Å². The number of ether oxygens (including phenoxy) is 2. The van der Waals surface area contributed by atoms with E-state index in [1.54, 1.807) is 24.4 Å². The number of rotatable bonds is 11. The quantitative estimate of drug-likeness (QED) is 0.0724. The normalized spacial score (nSPS) is 24.2. The average molecular weight is 997 g/mol. The van der Waals surface area contributed by atoms with Gasteiger partial charge in [0.2, 0.25) is 0 Å². The molecule has 2 aliphatic carbocycles. The summed E-state index contributed by atoms with van der Waals surface area (Å²) in [7, 11) is -4.67. The largest absolute Gasteiger partial charge is 0.489 e. The van der Waals surface area contributed by atoms with Crippen molar-refractivity contribution in [3.8, 4) is 17.2 Å². The Labute approximate surface area is 399 Å². The van der Waals surface area contributed by atoms with Crippen LogP contribution in [0.1, 0.15) is 118 Å². The number of nitrogens with zero attached hydrogens (tertiary/aromatic N) is 4. The molecule has 0 unspecified atom stereocenters. The van der Waals surface area contributed by atoms with Crippen molar-refractivity contribution in [3.05, 3.63) is 104 Å². The van der Waals surface area contributed by atoms with Gasteiger partial charge in [0, 0.05) is 65.1 Å². The van der Waals surface area contributed by atoms with E-state index in [2.05, 4.69) is 83.8 Å². The van der Waals surface area contributed by atoms with Gasteiger partial charge in [0.15, 0.2) is 11.4 Å². The van der Waals surface area contributed by atoms with Crippen molar-refractivity contribution in [1.82, 2.24) is 19.6 Å². The zero-order valence-electron chi connectivity index (χ0n) is 38.1. The molecule has 2 saturated carbocycles. The first-order valence-corrected chi connectivity index (χ1v) is 25.9. The van der Waals surface area contributed by atoms with E-state index in [4.69, 9.17) is 9.47 Å². The molecule has 4 N–H and O–H groups in total. The molecule has 67 heavy (non-hydrogen) atoms. The van der Waals surface area contributed by atoms with Crippen molar-refractivity contribution in [1.29, 1.82) is 0 Å². The van der Waals surface area contributed by atoms with Gasteiger partial charge in [0.25, 0.3) is 21.6 Å². The van der Waals surface area contributed by atoms with E-state index < -0.39 is 37.0 Å². The average Bonchev–Trinajstić information content (AvgIpc) is 3.94. The molecule has 0 bridgehead atoms. The van der Waals surface area contributed by atoms with Crippen LogP contribution in [-0.2, 0) is 10.0 Å². The van der Waals surface area contributed by atoms with Crippen LogP contribution in [0.15, 0.2) is 82.4 Å². The van der Waals surface area contributed by atoms with E-state index in [1.165, 1.54) is 49.1 Å². The number of nitrogens with one attached hydrogen (secondary N) is 3. The Balaban J connectivity index is 0.863. The van der Waals surface area contributed by atoms with Crippen LogP contribution >= 0.6 is 15.9 Å². The second kappa shape index (κ2) is 17.7. The van der Waals surface area contributed by atoms with Gasteiger partial charge in [-0.15, -0.1) is 0 Å². The predicted molar refractivity (Wildman–Crippen MR) is 260 cm³/mol. The third-order valence-electron chi connectivity index (χ3n) is 15.4. The summed E-state index contributed by atoms with van der Waals surface area (Å²) in [6.45, 7) is 9.33. The number of halogens is 1. The minimum absolute atomic E-state index is 0.00153. The number of benzene rings is 3. The summed E-state index contributed by atoms with van der Waals surface area (Å²) in [5, 5.41) is 26.9. The molecule has 5 aliphatic rings. The fraction of sp³-hybridized carbons (Fsp3) is 0.480. The first-order valence-electron chi connectivity index (χ1n) is 23.6. The highest BCUT2D eigenvalue weighted by atomic mass is 79.9. The van der Waals surface area contributed by atoms with Crippen molar-refractivity contribution in [3.63, 3.8) is 0 Å². The number of H-pyrrole nitrogens is 1. The number of fused-ring (bicyclic) bond motifs is 2. The number of likely N-dealkylation sites (tertiary alicyclic amines) is 1. The van der Waals surface area contributed by atoms with E-state index >= 15 is 0 Å². The lowest BCUT2D eigenvalue weighted by molar-refractivity contribution is -0.384. The standard InChI is InChI=1S/C50H58BrN7O8S/c1-30(2)36-7-4-5-8-37(36)42-9-6-18-57(42)33-25-50(26-33)16-19-56(20-17-50)32-10-11-38(44(21-32)66-34-22-39-40(51)28-53-47(39)52-27-34)48(59)55-67(63,64)35-23-43(58(61)62)46-45(24-35)65-29-41(54-46)31-12-14-49(3,60)15-13-31/h4-5,7-8,10-11,21-24,27-28,30-31,33,41-42,54,60H,6,9,12-20,25-26,29H2,1-3H3,(H,52,53)(H,55,59)/t31?,41-,42+,49?/m1/s1. The maximum atomic E-state index is 14.2. The van der Waals surface area contributed by atoms with Gasteiger partial charge in [-0.25, -0.2) is 18.1 Å². The fourth-order valence-corrected chi connectivity index (χ4v) is 12.9. The number of carbonyl (C=O) groups excluding carboxylic acids is 1. The molecule has 2 aromatic heterocycles. The molecule has 3 aliphatic heterocycles. The van der Waals surface area contributed by atoms with Crippen LogP contribution in [0.4, 0.5) is 17.1 Å². The molecular weight excluding hydrogens is 939 g/mol. The summed E-state index contributed by atoms with van der Waals surface area (Å²) < 4.78 is 43.3. The van der Waals surface area contributed by atoms with Crippen molar-refractivity contribution in [2.75, 3.05) is 36.5 Å². The number of aliphatic hydroxyl groups is 1. The Morgan fingerprint density at radius 1 is 1.04 bits per heavy atom. The summed E-state index contributed by atoms with van der Waals surface area (Å²) in [6.07, 6.45) is 12.8. The van der Waals surface area contributed by atoms with Gasteiger partial charge in [-0.2, -0.15) is 0 Å². The number of amides is 1. The number of hydrogen-bond acceptors (Lipinski definition) is 12. The van der Waals surface area contributed by atoms with Gasteiger partial charge >= 0.3 is 0 Å². The lowest BCUT2D eigenvalue weighted by Crippen LogP contribution is -2.54. The zero-order chi connectivity index (χ0) is 46.8. The number of nitro benzene ring substituents is 1. The Bertz CT molecular complexity index is 2830. The third kappa shape index (κ3) is 8.99. The molecule has 15 nitrogen and oxygen atoms in total. The van der Waals surface area contributed by atoms with Gasteiger partial charge in [0.1, 0.15) is 23.8 Å². The third-order valence-corrected chi connectivity index (χ3v) is 17.3. The summed E-state index contributed by atoms with van der Waals surface area (Å²) in [5.74, 6) is 0.0874. The van der Waals surface area contributed by atoms with Crippen LogP contribution in [0.5, 0.6) is 17.2 Å². The lowest BCUT2D eigenvalue weighted by atomic mass is 9.59. The van der Waals surface area contributed by atoms with Crippen LogP contribution in [0, 0.1) is 21.4 Å². The molecule has 354 valence electrons. The monoisotopic (exact) mass is 995 g/mol. The number of aromatic nitrogens is 2. The number of pyridine rings is 1. The number of piperidine rings is 1. The van der Waals surface area contributed by atoms with Crippen LogP contribution < -0.4 is 24.4 Å². The van der Waals surface area contributed by atoms with Crippen LogP contribution in [0.3, 0.4) is 0 Å². The number of nitro groups is 1. The molecule has 0 radical (unpaired) electrons. The van der Waals surface area contributed by atoms with Gasteiger partial charge in [-0.3, -0.25) is 19.8 Å². The van der Waals surface area contributed by atoms with Crippen LogP contribution in [0.25, 0.3) is 11.0 Å². The second-order valence-electron chi connectivity index (χ2n) is 20.1. The predicted octanol–water partition coefficient (Wildman–Crippen LogP) is 9.97. The molecule has 4 fully saturated rings. The van der Waals surface area contributed by atoms with Gasteiger partial charge in [0.05, 0.1) is 33.2 Å². The molecule has 17 heteroatoms.